The summed E-state index contributed by atoms with van der Waals surface area (Å²) in [5.41, 5.74) is 2.18. The van der Waals surface area contributed by atoms with E-state index in [4.69, 9.17) is 12.2 Å². The van der Waals surface area contributed by atoms with Crippen LogP contribution in [-0.2, 0) is 16.5 Å². The summed E-state index contributed by atoms with van der Waals surface area (Å²) in [5, 5.41) is 3.28. The van der Waals surface area contributed by atoms with E-state index in [1.54, 1.807) is 0 Å². The van der Waals surface area contributed by atoms with Gasteiger partial charge in [-0.15, -0.1) is 0 Å². The molecule has 8 heteroatoms. The predicted octanol–water partition coefficient (Wildman–Crippen LogP) is 3.02. The van der Waals surface area contributed by atoms with Crippen LogP contribution < -0.4 is 0 Å². The minimum Gasteiger partial charge on any atom is -0.280 e. The van der Waals surface area contributed by atoms with Gasteiger partial charge in [0.2, 0.25) is 4.77 Å². The third kappa shape index (κ3) is 4.61. The average molecular weight is 395 g/mol. The number of sulfone groups is 1. The van der Waals surface area contributed by atoms with Gasteiger partial charge in [0, 0.05) is 18.2 Å². The first-order valence-corrected chi connectivity index (χ1v) is 11.1. The van der Waals surface area contributed by atoms with Crippen molar-refractivity contribution >= 4 is 22.1 Å². The fourth-order valence-electron chi connectivity index (χ4n) is 3.33. The zero-order valence-electron chi connectivity index (χ0n) is 15.5. The SMILES string of the molecule is Cc1ccc(-c2nc(=S)n(CN(CC(C)C)C3CCS(=O)(=O)C3)[nH]2)cc1. The third-order valence-corrected chi connectivity index (χ3v) is 6.71. The second kappa shape index (κ2) is 7.62. The Kier molecular flexibility index (Phi) is 5.64. The van der Waals surface area contributed by atoms with Gasteiger partial charge in [0.25, 0.3) is 0 Å². The van der Waals surface area contributed by atoms with E-state index in [1.807, 2.05) is 35.9 Å². The van der Waals surface area contributed by atoms with Crippen LogP contribution in [0.25, 0.3) is 11.4 Å². The molecular formula is C18H26N4O2S2. The molecule has 1 aliphatic heterocycles. The normalized spacial score (nSPS) is 19.5. The zero-order chi connectivity index (χ0) is 18.9. The average Bonchev–Trinajstić information content (AvgIpc) is 3.10. The Hall–Kier alpha value is -1.51. The molecule has 1 N–H and O–H groups in total. The monoisotopic (exact) mass is 394 g/mol. The van der Waals surface area contributed by atoms with Gasteiger partial charge in [0.05, 0.1) is 18.2 Å². The molecule has 1 fully saturated rings. The number of benzene rings is 1. The van der Waals surface area contributed by atoms with Crippen LogP contribution in [0.15, 0.2) is 24.3 Å². The van der Waals surface area contributed by atoms with Crippen molar-refractivity contribution < 1.29 is 8.42 Å². The first-order valence-electron chi connectivity index (χ1n) is 8.92. The number of nitrogens with zero attached hydrogens (tertiary/aromatic N) is 3. The lowest BCUT2D eigenvalue weighted by atomic mass is 10.1. The van der Waals surface area contributed by atoms with Crippen molar-refractivity contribution in [2.24, 2.45) is 5.92 Å². The number of hydrogen-bond donors (Lipinski definition) is 1. The predicted molar refractivity (Wildman–Crippen MR) is 106 cm³/mol. The summed E-state index contributed by atoms with van der Waals surface area (Å²) < 4.78 is 26.1. The Bertz CT molecular complexity index is 913. The van der Waals surface area contributed by atoms with E-state index in [-0.39, 0.29) is 17.5 Å². The summed E-state index contributed by atoms with van der Waals surface area (Å²) in [6.45, 7) is 7.67. The third-order valence-electron chi connectivity index (χ3n) is 4.65. The fourth-order valence-corrected chi connectivity index (χ4v) is 5.29. The Balaban J connectivity index is 1.82. The van der Waals surface area contributed by atoms with Gasteiger partial charge in [-0.2, -0.15) is 4.98 Å². The van der Waals surface area contributed by atoms with Crippen LogP contribution >= 0.6 is 12.2 Å². The number of aromatic nitrogens is 3. The quantitative estimate of drug-likeness (QED) is 0.763. The molecule has 6 nitrogen and oxygen atoms in total. The second-order valence-electron chi connectivity index (χ2n) is 7.51. The number of aryl methyl sites for hydroxylation is 1. The highest BCUT2D eigenvalue weighted by Gasteiger charge is 2.32. The summed E-state index contributed by atoms with van der Waals surface area (Å²) >= 11 is 5.43. The van der Waals surface area contributed by atoms with E-state index in [9.17, 15) is 8.42 Å². The molecular weight excluding hydrogens is 368 g/mol. The smallest absolute Gasteiger partial charge is 0.217 e. The second-order valence-corrected chi connectivity index (χ2v) is 10.1. The van der Waals surface area contributed by atoms with Crippen molar-refractivity contribution in [1.29, 1.82) is 0 Å². The van der Waals surface area contributed by atoms with Crippen LogP contribution in [0.5, 0.6) is 0 Å². The van der Waals surface area contributed by atoms with Gasteiger partial charge >= 0.3 is 0 Å². The number of hydrogen-bond acceptors (Lipinski definition) is 5. The lowest BCUT2D eigenvalue weighted by Gasteiger charge is -2.29. The van der Waals surface area contributed by atoms with E-state index in [0.29, 0.717) is 23.8 Å². The molecule has 0 saturated carbocycles. The van der Waals surface area contributed by atoms with Gasteiger partial charge in [-0.1, -0.05) is 43.7 Å². The van der Waals surface area contributed by atoms with E-state index in [0.717, 1.165) is 17.9 Å². The number of rotatable bonds is 6. The van der Waals surface area contributed by atoms with Crippen molar-refractivity contribution in [3.05, 3.63) is 34.6 Å². The largest absolute Gasteiger partial charge is 0.280 e. The highest BCUT2D eigenvalue weighted by atomic mass is 32.2. The molecule has 0 bridgehead atoms. The first kappa shape index (κ1) is 19.3. The van der Waals surface area contributed by atoms with Gasteiger partial charge in [-0.05, 0) is 31.5 Å². The Morgan fingerprint density at radius 1 is 1.35 bits per heavy atom. The Labute approximate surface area is 160 Å². The number of nitrogens with one attached hydrogen (secondary N) is 1. The lowest BCUT2D eigenvalue weighted by Crippen LogP contribution is -2.40. The van der Waals surface area contributed by atoms with Crippen molar-refractivity contribution in [3.63, 3.8) is 0 Å². The zero-order valence-corrected chi connectivity index (χ0v) is 17.1. The molecule has 2 aromatic rings. The van der Waals surface area contributed by atoms with Crippen LogP contribution in [0, 0.1) is 17.6 Å². The van der Waals surface area contributed by atoms with E-state index < -0.39 is 9.84 Å². The van der Waals surface area contributed by atoms with Crippen LogP contribution in [0.2, 0.25) is 0 Å². The summed E-state index contributed by atoms with van der Waals surface area (Å²) in [6.07, 6.45) is 0.682. The molecule has 0 spiro atoms. The van der Waals surface area contributed by atoms with Gasteiger partial charge in [-0.25, -0.2) is 13.1 Å². The van der Waals surface area contributed by atoms with Crippen molar-refractivity contribution in [2.75, 3.05) is 18.1 Å². The van der Waals surface area contributed by atoms with Crippen LogP contribution in [0.4, 0.5) is 0 Å². The minimum absolute atomic E-state index is 0.0374. The minimum atomic E-state index is -2.92. The summed E-state index contributed by atoms with van der Waals surface area (Å²) in [7, 11) is -2.92. The maximum Gasteiger partial charge on any atom is 0.217 e. The standard InChI is InChI=1S/C18H26N4O2S2/c1-13(2)10-21(16-8-9-26(23,24)11-16)12-22-18(25)19-17(20-22)15-6-4-14(3)5-7-15/h4-7,13,16H,8-12H2,1-3H3,(H,19,20,25). The number of aromatic amines is 1. The highest BCUT2D eigenvalue weighted by Crippen LogP contribution is 2.21. The fraction of sp³-hybridized carbons (Fsp3) is 0.556. The topological polar surface area (TPSA) is 71.0 Å². The van der Waals surface area contributed by atoms with Crippen LogP contribution in [0.3, 0.4) is 0 Å². The molecule has 0 radical (unpaired) electrons. The molecule has 1 saturated heterocycles. The summed E-state index contributed by atoms with van der Waals surface area (Å²) in [6, 6.07) is 8.15. The highest BCUT2D eigenvalue weighted by molar-refractivity contribution is 7.91. The van der Waals surface area contributed by atoms with E-state index in [1.165, 1.54) is 5.56 Å². The lowest BCUT2D eigenvalue weighted by molar-refractivity contribution is 0.137. The van der Waals surface area contributed by atoms with Gasteiger partial charge in [0.1, 0.15) is 0 Å². The van der Waals surface area contributed by atoms with Crippen LogP contribution in [0.1, 0.15) is 25.8 Å². The summed E-state index contributed by atoms with van der Waals surface area (Å²) in [5.74, 6) is 1.67. The Morgan fingerprint density at radius 2 is 2.04 bits per heavy atom. The van der Waals surface area contributed by atoms with Crippen molar-refractivity contribution in [2.45, 2.75) is 39.9 Å². The van der Waals surface area contributed by atoms with Crippen molar-refractivity contribution in [3.8, 4) is 11.4 Å². The van der Waals surface area contributed by atoms with Gasteiger partial charge < -0.3 is 0 Å². The molecule has 1 aliphatic rings. The van der Waals surface area contributed by atoms with Crippen molar-refractivity contribution in [1.82, 2.24) is 19.7 Å². The van der Waals surface area contributed by atoms with E-state index in [2.05, 4.69) is 28.8 Å². The molecule has 2 heterocycles. The molecule has 1 atom stereocenters. The molecule has 3 rings (SSSR count). The maximum atomic E-state index is 11.9. The Morgan fingerprint density at radius 3 is 2.62 bits per heavy atom. The number of H-pyrrole nitrogens is 1. The molecule has 1 unspecified atom stereocenters. The molecule has 142 valence electrons. The van der Waals surface area contributed by atoms with E-state index >= 15 is 0 Å². The molecule has 1 aromatic heterocycles. The molecule has 1 aromatic carbocycles. The molecule has 0 aliphatic carbocycles. The summed E-state index contributed by atoms with van der Waals surface area (Å²) in [4.78, 5) is 6.69. The molecule has 0 amide bonds. The van der Waals surface area contributed by atoms with Gasteiger partial charge in [0.15, 0.2) is 15.7 Å². The molecule has 26 heavy (non-hydrogen) atoms. The first-order chi connectivity index (χ1) is 12.2. The maximum absolute atomic E-state index is 11.9. The van der Waals surface area contributed by atoms with Gasteiger partial charge in [-0.3, -0.25) is 10.00 Å². The van der Waals surface area contributed by atoms with Crippen LogP contribution in [-0.4, -0.2) is 52.2 Å².